The Balaban J connectivity index is 1.20. The number of hydrogen-bond acceptors (Lipinski definition) is 2. The molecule has 2 heteroatoms. The fourth-order valence-corrected chi connectivity index (χ4v) is 8.82. The molecule has 0 saturated heterocycles. The molecule has 0 bridgehead atoms. The van der Waals surface area contributed by atoms with Crippen LogP contribution in [0.5, 0.6) is 0 Å². The molecule has 9 aromatic rings. The van der Waals surface area contributed by atoms with Crippen LogP contribution in [0.4, 0.5) is 0 Å². The molecule has 1 heterocycles. The lowest BCUT2D eigenvalue weighted by atomic mass is 9.69. The zero-order chi connectivity index (χ0) is 32.1. The summed E-state index contributed by atoms with van der Waals surface area (Å²) in [4.78, 5) is 10.3. The molecule has 2 nitrogen and oxygen atoms in total. The van der Waals surface area contributed by atoms with Gasteiger partial charge in [-0.3, -0.25) is 0 Å². The van der Waals surface area contributed by atoms with E-state index in [1.54, 1.807) is 0 Å². The summed E-state index contributed by atoms with van der Waals surface area (Å²) in [6, 6.07) is 61.9. The van der Waals surface area contributed by atoms with Gasteiger partial charge < -0.3 is 0 Å². The summed E-state index contributed by atoms with van der Waals surface area (Å²) in [5.41, 5.74) is 14.3. The first-order chi connectivity index (χ1) is 24.3. The lowest BCUT2D eigenvalue weighted by molar-refractivity contribution is 0.802. The van der Waals surface area contributed by atoms with E-state index in [1.807, 2.05) is 6.07 Å². The molecule has 11 rings (SSSR count). The third-order valence-electron chi connectivity index (χ3n) is 10.8. The van der Waals surface area contributed by atoms with Crippen LogP contribution in [0.1, 0.15) is 22.3 Å². The minimum absolute atomic E-state index is 0.428. The van der Waals surface area contributed by atoms with E-state index in [-0.39, 0.29) is 0 Å². The third kappa shape index (κ3) is 3.55. The SMILES string of the molecule is c1ccc(-c2nc(-c3ccc4cc5c(cc4c3)C3(c4ccccc4-c4ccccc43)c3c-5ccc4ccccc34)nc3ccccc23)cc1. The van der Waals surface area contributed by atoms with E-state index in [1.165, 1.54) is 66.1 Å². The van der Waals surface area contributed by atoms with E-state index >= 15 is 0 Å². The Morgan fingerprint density at radius 1 is 0.367 bits per heavy atom. The van der Waals surface area contributed by atoms with Crippen LogP contribution in [-0.2, 0) is 5.41 Å². The molecule has 0 amide bonds. The Morgan fingerprint density at radius 2 is 1.04 bits per heavy atom. The van der Waals surface area contributed by atoms with Crippen LogP contribution in [0, 0.1) is 0 Å². The smallest absolute Gasteiger partial charge is 0.160 e. The first kappa shape index (κ1) is 26.7. The second-order valence-electron chi connectivity index (χ2n) is 13.3. The predicted molar refractivity (Wildman–Crippen MR) is 202 cm³/mol. The van der Waals surface area contributed by atoms with E-state index in [0.29, 0.717) is 0 Å². The van der Waals surface area contributed by atoms with E-state index in [0.717, 1.165) is 33.5 Å². The standard InChI is InChI=1S/C47H28N2/c1-2-13-30(14-3-1)45-38-18-8-11-21-43(38)48-46(49-45)32-23-22-31-27-39-37-25-24-29-12-4-5-15-34(29)44(37)47(42(39)28-33(31)26-32)40-19-9-6-16-35(40)36-17-7-10-20-41(36)47/h1-28H. The first-order valence-electron chi connectivity index (χ1n) is 16.9. The topological polar surface area (TPSA) is 25.8 Å². The zero-order valence-corrected chi connectivity index (χ0v) is 26.6. The Bertz CT molecular complexity index is 2790. The van der Waals surface area contributed by atoms with Crippen molar-refractivity contribution in [2.75, 3.05) is 0 Å². The van der Waals surface area contributed by atoms with E-state index < -0.39 is 5.41 Å². The van der Waals surface area contributed by atoms with Crippen molar-refractivity contribution < 1.29 is 0 Å². The predicted octanol–water partition coefficient (Wildman–Crippen LogP) is 11.6. The van der Waals surface area contributed by atoms with Crippen molar-refractivity contribution in [1.82, 2.24) is 9.97 Å². The summed E-state index contributed by atoms with van der Waals surface area (Å²) in [6.45, 7) is 0. The van der Waals surface area contributed by atoms with Crippen LogP contribution in [0.3, 0.4) is 0 Å². The lowest BCUT2D eigenvalue weighted by Crippen LogP contribution is -2.26. The van der Waals surface area contributed by atoms with Gasteiger partial charge in [-0.1, -0.05) is 146 Å². The average molecular weight is 621 g/mol. The number of aromatic nitrogens is 2. The van der Waals surface area contributed by atoms with E-state index in [4.69, 9.17) is 9.97 Å². The minimum Gasteiger partial charge on any atom is -0.228 e. The van der Waals surface area contributed by atoms with Crippen molar-refractivity contribution in [3.05, 3.63) is 192 Å². The van der Waals surface area contributed by atoms with Gasteiger partial charge in [0, 0.05) is 16.5 Å². The summed E-state index contributed by atoms with van der Waals surface area (Å²) in [5, 5.41) is 6.03. The lowest BCUT2D eigenvalue weighted by Gasteiger charge is -2.31. The maximum absolute atomic E-state index is 5.21. The highest BCUT2D eigenvalue weighted by molar-refractivity contribution is 6.06. The van der Waals surface area contributed by atoms with E-state index in [2.05, 4.69) is 164 Å². The van der Waals surface area contributed by atoms with Gasteiger partial charge in [0.1, 0.15) is 0 Å². The molecule has 1 spiro atoms. The molecule has 1 aromatic heterocycles. The molecular formula is C47H28N2. The van der Waals surface area contributed by atoms with Gasteiger partial charge in [-0.15, -0.1) is 0 Å². The highest BCUT2D eigenvalue weighted by Crippen LogP contribution is 2.64. The van der Waals surface area contributed by atoms with Gasteiger partial charge in [0.15, 0.2) is 5.82 Å². The molecular weight excluding hydrogens is 593 g/mol. The first-order valence-corrected chi connectivity index (χ1v) is 16.9. The monoisotopic (exact) mass is 620 g/mol. The molecule has 0 fully saturated rings. The molecule has 0 atom stereocenters. The quantitative estimate of drug-likeness (QED) is 0.192. The minimum atomic E-state index is -0.428. The normalized spacial score (nSPS) is 13.5. The second-order valence-corrected chi connectivity index (χ2v) is 13.3. The van der Waals surface area contributed by atoms with Crippen molar-refractivity contribution in [3.8, 4) is 44.9 Å². The number of fused-ring (bicyclic) bond motifs is 14. The van der Waals surface area contributed by atoms with Crippen molar-refractivity contribution >= 4 is 32.4 Å². The van der Waals surface area contributed by atoms with Crippen molar-refractivity contribution in [3.63, 3.8) is 0 Å². The fraction of sp³-hybridized carbons (Fsp3) is 0.0213. The Labute approximate surface area is 284 Å². The maximum atomic E-state index is 5.21. The molecule has 49 heavy (non-hydrogen) atoms. The van der Waals surface area contributed by atoms with Gasteiger partial charge in [-0.05, 0) is 90.3 Å². The number of hydrogen-bond donors (Lipinski definition) is 0. The Hall–Kier alpha value is -6.38. The van der Waals surface area contributed by atoms with Gasteiger partial charge >= 0.3 is 0 Å². The molecule has 2 aliphatic carbocycles. The summed E-state index contributed by atoms with van der Waals surface area (Å²) in [6.07, 6.45) is 0. The van der Waals surface area contributed by atoms with Crippen molar-refractivity contribution in [1.29, 1.82) is 0 Å². The third-order valence-corrected chi connectivity index (χ3v) is 10.8. The van der Waals surface area contributed by atoms with Crippen molar-refractivity contribution in [2.24, 2.45) is 0 Å². The summed E-state index contributed by atoms with van der Waals surface area (Å²) in [5.74, 6) is 0.737. The molecule has 0 aliphatic heterocycles. The van der Waals surface area contributed by atoms with E-state index in [9.17, 15) is 0 Å². The molecule has 0 N–H and O–H groups in total. The number of nitrogens with zero attached hydrogens (tertiary/aromatic N) is 2. The molecule has 0 saturated carbocycles. The van der Waals surface area contributed by atoms with Crippen LogP contribution >= 0.6 is 0 Å². The average Bonchev–Trinajstić information content (AvgIpc) is 3.63. The Kier molecular flexibility index (Phi) is 5.34. The summed E-state index contributed by atoms with van der Waals surface area (Å²) >= 11 is 0. The second kappa shape index (κ2) is 9.82. The van der Waals surface area contributed by atoms with Crippen LogP contribution in [-0.4, -0.2) is 9.97 Å². The van der Waals surface area contributed by atoms with Crippen LogP contribution in [0.15, 0.2) is 170 Å². The van der Waals surface area contributed by atoms with Crippen LogP contribution in [0.25, 0.3) is 77.3 Å². The zero-order valence-electron chi connectivity index (χ0n) is 26.6. The molecule has 226 valence electrons. The van der Waals surface area contributed by atoms with Gasteiger partial charge in [0.25, 0.3) is 0 Å². The highest BCUT2D eigenvalue weighted by atomic mass is 14.9. The number of rotatable bonds is 2. The molecule has 0 unspecified atom stereocenters. The Morgan fingerprint density at radius 3 is 1.86 bits per heavy atom. The summed E-state index contributed by atoms with van der Waals surface area (Å²) < 4.78 is 0. The molecule has 2 aliphatic rings. The maximum Gasteiger partial charge on any atom is 0.160 e. The van der Waals surface area contributed by atoms with Gasteiger partial charge in [-0.25, -0.2) is 9.97 Å². The van der Waals surface area contributed by atoms with Crippen molar-refractivity contribution in [2.45, 2.75) is 5.41 Å². The fourth-order valence-electron chi connectivity index (χ4n) is 8.82. The summed E-state index contributed by atoms with van der Waals surface area (Å²) in [7, 11) is 0. The van der Waals surface area contributed by atoms with Gasteiger partial charge in [0.05, 0.1) is 16.6 Å². The molecule has 0 radical (unpaired) electrons. The van der Waals surface area contributed by atoms with Crippen LogP contribution < -0.4 is 0 Å². The van der Waals surface area contributed by atoms with Crippen LogP contribution in [0.2, 0.25) is 0 Å². The molecule has 8 aromatic carbocycles. The van der Waals surface area contributed by atoms with Gasteiger partial charge in [-0.2, -0.15) is 0 Å². The number of para-hydroxylation sites is 1. The highest BCUT2D eigenvalue weighted by Gasteiger charge is 2.52. The van der Waals surface area contributed by atoms with Gasteiger partial charge in [0.2, 0.25) is 0 Å². The largest absolute Gasteiger partial charge is 0.228 e. The number of benzene rings is 8.